The third-order valence-corrected chi connectivity index (χ3v) is 3.33. The van der Waals surface area contributed by atoms with Crippen LogP contribution in [-0.4, -0.2) is 23.0 Å². The molecule has 122 valence electrons. The average Bonchev–Trinajstić information content (AvgIpc) is 2.40. The summed E-state index contributed by atoms with van der Waals surface area (Å²) >= 11 is 0. The molecule has 0 heterocycles. The number of rotatable bonds is 13. The van der Waals surface area contributed by atoms with Crippen molar-refractivity contribution in [3.63, 3.8) is 0 Å². The van der Waals surface area contributed by atoms with Crippen LogP contribution in [0.1, 0.15) is 71.6 Å². The summed E-state index contributed by atoms with van der Waals surface area (Å²) in [7, 11) is 0. The zero-order valence-electron chi connectivity index (χ0n) is 14.5. The first-order chi connectivity index (χ1) is 9.97. The van der Waals surface area contributed by atoms with Crippen molar-refractivity contribution >= 4 is 11.9 Å². The maximum Gasteiger partial charge on any atom is 1.00 e. The number of allylic oxidation sites excluding steroid dienone is 1. The van der Waals surface area contributed by atoms with Crippen LogP contribution in [0.4, 0.5) is 0 Å². The van der Waals surface area contributed by atoms with Gasteiger partial charge in [0.25, 0.3) is 0 Å². The van der Waals surface area contributed by atoms with Gasteiger partial charge in [0.2, 0.25) is 0 Å². The van der Waals surface area contributed by atoms with Crippen LogP contribution in [0.25, 0.3) is 0 Å². The molecule has 0 saturated carbocycles. The summed E-state index contributed by atoms with van der Waals surface area (Å²) in [5.41, 5.74) is 0. The second kappa shape index (κ2) is 15.6. The van der Waals surface area contributed by atoms with Crippen molar-refractivity contribution in [1.29, 1.82) is 0 Å². The smallest absolute Gasteiger partial charge is 0.862 e. The minimum atomic E-state index is -1.00. The van der Waals surface area contributed by atoms with Crippen LogP contribution in [0, 0.1) is 5.92 Å². The Hall–Kier alpha value is -0.320. The molecule has 4 nitrogen and oxygen atoms in total. The van der Waals surface area contributed by atoms with Crippen LogP contribution in [0.3, 0.4) is 0 Å². The van der Waals surface area contributed by atoms with Crippen molar-refractivity contribution in [3.05, 3.63) is 12.7 Å². The molecule has 0 aromatic carbocycles. The molecular formula is C17H30NNaO3. The number of carboxylic acid groups (broad SMARTS) is 1. The third kappa shape index (κ3) is 14.6. The predicted molar refractivity (Wildman–Crippen MR) is 85.4 cm³/mol. The quantitative estimate of drug-likeness (QED) is 0.177. The van der Waals surface area contributed by atoms with E-state index in [0.29, 0.717) is 12.8 Å². The molecule has 0 amide bonds. The fourth-order valence-electron chi connectivity index (χ4n) is 2.17. The summed E-state index contributed by atoms with van der Waals surface area (Å²) in [6.45, 7) is 7.56. The molecule has 22 heavy (non-hydrogen) atoms. The molecule has 0 bridgehead atoms. The molecule has 5 heteroatoms. The van der Waals surface area contributed by atoms with E-state index >= 15 is 0 Å². The van der Waals surface area contributed by atoms with Crippen LogP contribution in [0.2, 0.25) is 0 Å². The zero-order valence-corrected chi connectivity index (χ0v) is 16.5. The second-order valence-electron chi connectivity index (χ2n) is 5.96. The fraction of sp³-hybridized carbons (Fsp3) is 0.765. The van der Waals surface area contributed by atoms with E-state index in [1.54, 1.807) is 0 Å². The number of hydrogen-bond acceptors (Lipinski definition) is 3. The summed E-state index contributed by atoms with van der Waals surface area (Å²) in [6.07, 6.45) is 10.3. The molecule has 1 atom stereocenters. The Bertz CT molecular complexity index is 330. The normalized spacial score (nSPS) is 12.8. The Morgan fingerprint density at radius 3 is 2.23 bits per heavy atom. The van der Waals surface area contributed by atoms with Crippen molar-refractivity contribution in [2.24, 2.45) is 10.9 Å². The van der Waals surface area contributed by atoms with E-state index in [1.807, 2.05) is 19.9 Å². The van der Waals surface area contributed by atoms with Gasteiger partial charge in [-0.1, -0.05) is 45.6 Å². The number of carboxylic acids is 1. The molecule has 0 rings (SSSR count). The van der Waals surface area contributed by atoms with Crippen molar-refractivity contribution in [2.75, 3.05) is 0 Å². The van der Waals surface area contributed by atoms with Gasteiger partial charge in [-0.2, -0.15) is 0 Å². The number of unbranched alkanes of at least 4 members (excludes halogenated alkanes) is 6. The standard InChI is InChI=1S/C17H31NO3.Na/c1-4-5-6-7-8-9-10-11-12-16(19)18-15(17(20)21)13-14(2)3;/h4,14-15H,1,5-13H2,2-3H3,(H,18,19)(H,20,21);/q;+1/p-1/t15-;/m0./s1. The minimum Gasteiger partial charge on any atom is -0.862 e. The molecule has 0 radical (unpaired) electrons. The van der Waals surface area contributed by atoms with Crippen LogP contribution in [0.5, 0.6) is 0 Å². The minimum absolute atomic E-state index is 0. The SMILES string of the molecule is C=CCCCCCCCCC([O-])=N[C@@H](CC(C)C)C(=O)O.[Na+]. The van der Waals surface area contributed by atoms with Crippen molar-refractivity contribution in [2.45, 2.75) is 77.7 Å². The molecule has 1 N–H and O–H groups in total. The molecule has 0 fully saturated rings. The first-order valence-corrected chi connectivity index (χ1v) is 8.04. The van der Waals surface area contributed by atoms with Gasteiger partial charge in [0.05, 0.1) is 0 Å². The molecule has 0 unspecified atom stereocenters. The number of nitrogens with zero attached hydrogens (tertiary/aromatic N) is 1. The van der Waals surface area contributed by atoms with Crippen LogP contribution in [-0.2, 0) is 4.79 Å². The molecule has 0 aromatic rings. The van der Waals surface area contributed by atoms with Crippen molar-refractivity contribution < 1.29 is 44.6 Å². The van der Waals surface area contributed by atoms with Gasteiger partial charge in [-0.15, -0.1) is 6.58 Å². The van der Waals surface area contributed by atoms with Gasteiger partial charge in [-0.25, -0.2) is 4.79 Å². The van der Waals surface area contributed by atoms with E-state index in [2.05, 4.69) is 11.6 Å². The van der Waals surface area contributed by atoms with Gasteiger partial charge in [-0.3, -0.25) is 4.99 Å². The maximum atomic E-state index is 11.7. The first-order valence-electron chi connectivity index (χ1n) is 8.04. The Labute approximate surface area is 157 Å². The van der Waals surface area contributed by atoms with Crippen LogP contribution < -0.4 is 34.7 Å². The van der Waals surface area contributed by atoms with E-state index in [4.69, 9.17) is 5.11 Å². The van der Waals surface area contributed by atoms with E-state index < -0.39 is 12.0 Å². The van der Waals surface area contributed by atoms with E-state index in [-0.39, 0.29) is 41.4 Å². The molecule has 0 spiro atoms. The first kappa shape index (κ1) is 23.9. The predicted octanol–water partition coefficient (Wildman–Crippen LogP) is 0.555. The van der Waals surface area contributed by atoms with E-state index in [9.17, 15) is 9.90 Å². The number of aliphatic imine (C=N–C) groups is 1. The zero-order chi connectivity index (χ0) is 16.1. The monoisotopic (exact) mass is 319 g/mol. The van der Waals surface area contributed by atoms with Crippen molar-refractivity contribution in [1.82, 2.24) is 0 Å². The Morgan fingerprint density at radius 2 is 1.73 bits per heavy atom. The van der Waals surface area contributed by atoms with Gasteiger partial charge in [0.1, 0.15) is 6.04 Å². The van der Waals surface area contributed by atoms with Crippen LogP contribution in [0.15, 0.2) is 17.6 Å². The second-order valence-corrected chi connectivity index (χ2v) is 5.96. The number of carbonyl (C=O) groups is 1. The number of hydrogen-bond donors (Lipinski definition) is 1. The Morgan fingerprint density at radius 1 is 1.18 bits per heavy atom. The number of aliphatic carboxylic acids is 1. The molecule has 0 aromatic heterocycles. The van der Waals surface area contributed by atoms with Gasteiger partial charge < -0.3 is 10.2 Å². The summed E-state index contributed by atoms with van der Waals surface area (Å²) in [5.74, 6) is -1.05. The largest absolute Gasteiger partial charge is 1.00 e. The molecule has 0 aliphatic rings. The molecule has 0 saturated heterocycles. The van der Waals surface area contributed by atoms with Gasteiger partial charge in [-0.05, 0) is 43.9 Å². The summed E-state index contributed by atoms with van der Waals surface area (Å²) in [5, 5.41) is 20.7. The summed E-state index contributed by atoms with van der Waals surface area (Å²) < 4.78 is 0. The van der Waals surface area contributed by atoms with Crippen molar-refractivity contribution in [3.8, 4) is 0 Å². The Kier molecular flexibility index (Phi) is 16.9. The van der Waals surface area contributed by atoms with Gasteiger partial charge >= 0.3 is 35.5 Å². The topological polar surface area (TPSA) is 72.7 Å². The molecular weight excluding hydrogens is 289 g/mol. The molecule has 0 aliphatic carbocycles. The third-order valence-electron chi connectivity index (χ3n) is 3.33. The molecule has 0 aliphatic heterocycles. The maximum absolute atomic E-state index is 11.7. The van der Waals surface area contributed by atoms with Gasteiger partial charge in [0.15, 0.2) is 0 Å². The summed E-state index contributed by atoms with van der Waals surface area (Å²) in [6, 6.07) is -0.878. The van der Waals surface area contributed by atoms with E-state index in [1.165, 1.54) is 19.3 Å². The fourth-order valence-corrected chi connectivity index (χ4v) is 2.17. The average molecular weight is 319 g/mol. The van der Waals surface area contributed by atoms with E-state index in [0.717, 1.165) is 25.7 Å². The Balaban J connectivity index is 0. The summed E-state index contributed by atoms with van der Waals surface area (Å²) in [4.78, 5) is 14.8. The van der Waals surface area contributed by atoms with Crippen LogP contribution >= 0.6 is 0 Å². The van der Waals surface area contributed by atoms with Gasteiger partial charge in [0, 0.05) is 0 Å².